The van der Waals surface area contributed by atoms with E-state index in [2.05, 4.69) is 11.9 Å². The summed E-state index contributed by atoms with van der Waals surface area (Å²) in [6, 6.07) is 4.98. The first kappa shape index (κ1) is 26.9. The van der Waals surface area contributed by atoms with Crippen molar-refractivity contribution in [2.45, 2.75) is 40.2 Å². The molecule has 9 nitrogen and oxygen atoms in total. The zero-order chi connectivity index (χ0) is 25.4. The maximum atomic E-state index is 12.6. The SMILES string of the molecule is CCOC(=O)Cn1c(=NC(=O)CSCC(=O)N2CCCC(C)C2)sc2cc(C(=O)OCC)ccc21. The van der Waals surface area contributed by atoms with Crippen LogP contribution in [-0.2, 0) is 30.4 Å². The van der Waals surface area contributed by atoms with Gasteiger partial charge in [-0.15, -0.1) is 11.8 Å². The Morgan fingerprint density at radius 3 is 2.63 bits per heavy atom. The first-order valence-electron chi connectivity index (χ1n) is 11.7. The molecule has 11 heteroatoms. The summed E-state index contributed by atoms with van der Waals surface area (Å²) < 4.78 is 12.4. The summed E-state index contributed by atoms with van der Waals surface area (Å²) in [5.74, 6) is -0.473. The predicted octanol–water partition coefficient (Wildman–Crippen LogP) is 2.86. The number of benzene rings is 1. The molecule has 1 fully saturated rings. The molecule has 0 bridgehead atoms. The van der Waals surface area contributed by atoms with Crippen LogP contribution < -0.4 is 4.80 Å². The van der Waals surface area contributed by atoms with Gasteiger partial charge in [0.25, 0.3) is 5.91 Å². The van der Waals surface area contributed by atoms with Gasteiger partial charge < -0.3 is 18.9 Å². The number of amides is 2. The number of piperidine rings is 1. The van der Waals surface area contributed by atoms with Crippen molar-refractivity contribution in [3.05, 3.63) is 28.6 Å². The fourth-order valence-corrected chi connectivity index (χ4v) is 5.64. The summed E-state index contributed by atoms with van der Waals surface area (Å²) in [6.07, 6.45) is 2.15. The number of hydrogen-bond donors (Lipinski definition) is 0. The summed E-state index contributed by atoms with van der Waals surface area (Å²) in [7, 11) is 0. The number of esters is 2. The Labute approximate surface area is 212 Å². The molecule has 1 aromatic heterocycles. The maximum absolute atomic E-state index is 12.6. The number of nitrogens with zero attached hydrogens (tertiary/aromatic N) is 3. The van der Waals surface area contributed by atoms with Gasteiger partial charge >= 0.3 is 11.9 Å². The second kappa shape index (κ2) is 12.9. The number of rotatable bonds is 9. The number of thiazole rings is 1. The number of thioether (sulfide) groups is 1. The highest BCUT2D eigenvalue weighted by Gasteiger charge is 2.21. The molecule has 190 valence electrons. The van der Waals surface area contributed by atoms with E-state index in [-0.39, 0.29) is 37.2 Å². The average Bonchev–Trinajstić information content (AvgIpc) is 3.15. The lowest BCUT2D eigenvalue weighted by atomic mass is 10.0. The van der Waals surface area contributed by atoms with Crippen molar-refractivity contribution >= 4 is 57.1 Å². The molecular weight excluding hydrogens is 490 g/mol. The van der Waals surface area contributed by atoms with Gasteiger partial charge in [-0.3, -0.25) is 14.4 Å². The van der Waals surface area contributed by atoms with Crippen molar-refractivity contribution in [1.82, 2.24) is 9.47 Å². The molecule has 0 saturated carbocycles. The van der Waals surface area contributed by atoms with Gasteiger partial charge in [0.1, 0.15) is 6.54 Å². The fraction of sp³-hybridized carbons (Fsp3) is 0.542. The molecule has 2 amide bonds. The molecule has 0 N–H and O–H groups in total. The Balaban J connectivity index is 1.77. The third-order valence-electron chi connectivity index (χ3n) is 5.47. The van der Waals surface area contributed by atoms with Gasteiger partial charge in [0.2, 0.25) is 5.91 Å². The summed E-state index contributed by atoms with van der Waals surface area (Å²) in [4.78, 5) is 55.8. The van der Waals surface area contributed by atoms with Gasteiger partial charge in [-0.25, -0.2) is 4.79 Å². The molecule has 1 atom stereocenters. The number of fused-ring (bicyclic) bond motifs is 1. The second-order valence-electron chi connectivity index (χ2n) is 8.26. The first-order valence-corrected chi connectivity index (χ1v) is 13.7. The van der Waals surface area contributed by atoms with Crippen molar-refractivity contribution in [2.75, 3.05) is 37.8 Å². The van der Waals surface area contributed by atoms with Gasteiger partial charge in [-0.2, -0.15) is 4.99 Å². The molecule has 35 heavy (non-hydrogen) atoms. The Morgan fingerprint density at radius 1 is 1.14 bits per heavy atom. The van der Waals surface area contributed by atoms with Crippen molar-refractivity contribution in [3.63, 3.8) is 0 Å². The van der Waals surface area contributed by atoms with Crippen LogP contribution in [0.25, 0.3) is 10.2 Å². The number of carbonyl (C=O) groups excluding carboxylic acids is 4. The van der Waals surface area contributed by atoms with Crippen LogP contribution in [0.3, 0.4) is 0 Å². The van der Waals surface area contributed by atoms with E-state index in [0.29, 0.717) is 26.5 Å². The Morgan fingerprint density at radius 2 is 1.91 bits per heavy atom. The summed E-state index contributed by atoms with van der Waals surface area (Å²) >= 11 is 2.44. The fourth-order valence-electron chi connectivity index (χ4n) is 3.86. The van der Waals surface area contributed by atoms with Gasteiger partial charge in [0.15, 0.2) is 4.80 Å². The van der Waals surface area contributed by atoms with Crippen LogP contribution in [0.5, 0.6) is 0 Å². The van der Waals surface area contributed by atoms with E-state index in [1.165, 1.54) is 23.1 Å². The average molecular weight is 522 g/mol. The lowest BCUT2D eigenvalue weighted by Crippen LogP contribution is -2.40. The van der Waals surface area contributed by atoms with E-state index in [1.54, 1.807) is 36.6 Å². The van der Waals surface area contributed by atoms with Gasteiger partial charge in [-0.05, 0) is 50.8 Å². The van der Waals surface area contributed by atoms with Crippen LogP contribution in [0.1, 0.15) is 44.0 Å². The predicted molar refractivity (Wildman–Crippen MR) is 135 cm³/mol. The monoisotopic (exact) mass is 521 g/mol. The van der Waals surface area contributed by atoms with E-state index in [9.17, 15) is 19.2 Å². The van der Waals surface area contributed by atoms with Crippen LogP contribution in [0.15, 0.2) is 23.2 Å². The van der Waals surface area contributed by atoms with Crippen LogP contribution in [-0.4, -0.2) is 71.0 Å². The Kier molecular flexibility index (Phi) is 9.91. The summed E-state index contributed by atoms with van der Waals surface area (Å²) in [6.45, 7) is 7.51. The molecule has 1 saturated heterocycles. The molecule has 1 unspecified atom stereocenters. The molecule has 0 spiro atoms. The zero-order valence-corrected chi connectivity index (χ0v) is 21.9. The van der Waals surface area contributed by atoms with E-state index in [0.717, 1.165) is 25.9 Å². The minimum absolute atomic E-state index is 0.0417. The number of aromatic nitrogens is 1. The largest absolute Gasteiger partial charge is 0.465 e. The highest BCUT2D eigenvalue weighted by Crippen LogP contribution is 2.21. The lowest BCUT2D eigenvalue weighted by molar-refractivity contribution is -0.143. The van der Waals surface area contributed by atoms with Crippen LogP contribution in [0, 0.1) is 5.92 Å². The highest BCUT2D eigenvalue weighted by atomic mass is 32.2. The van der Waals surface area contributed by atoms with Crippen molar-refractivity contribution in [2.24, 2.45) is 10.9 Å². The Bertz CT molecular complexity index is 1160. The summed E-state index contributed by atoms with van der Waals surface area (Å²) in [5.41, 5.74) is 1.03. The van der Waals surface area contributed by atoms with Gasteiger partial charge in [-0.1, -0.05) is 18.3 Å². The van der Waals surface area contributed by atoms with E-state index in [1.807, 2.05) is 4.90 Å². The van der Waals surface area contributed by atoms with Crippen molar-refractivity contribution in [1.29, 1.82) is 0 Å². The quantitative estimate of drug-likeness (QED) is 0.467. The van der Waals surface area contributed by atoms with E-state index in [4.69, 9.17) is 9.47 Å². The third kappa shape index (κ3) is 7.41. The standard InChI is InChI=1S/C24H31N3O6S2/c1-4-32-22(30)13-27-18-9-8-17(23(31)33-5-2)11-19(18)35-24(27)25-20(28)14-34-15-21(29)26-10-6-7-16(3)12-26/h8-9,11,16H,4-7,10,12-15H2,1-3H3. The van der Waals surface area contributed by atoms with Crippen molar-refractivity contribution < 1.29 is 28.7 Å². The molecule has 1 aromatic carbocycles. The van der Waals surface area contributed by atoms with Crippen LogP contribution >= 0.6 is 23.1 Å². The molecule has 0 aliphatic carbocycles. The van der Waals surface area contributed by atoms with E-state index >= 15 is 0 Å². The van der Waals surface area contributed by atoms with Crippen molar-refractivity contribution in [3.8, 4) is 0 Å². The Hall–Kier alpha value is -2.66. The van der Waals surface area contributed by atoms with E-state index < -0.39 is 17.8 Å². The molecule has 1 aliphatic rings. The second-order valence-corrected chi connectivity index (χ2v) is 10.3. The molecule has 2 heterocycles. The topological polar surface area (TPSA) is 107 Å². The van der Waals surface area contributed by atoms with Gasteiger partial charge in [0, 0.05) is 13.1 Å². The minimum atomic E-state index is -0.453. The zero-order valence-electron chi connectivity index (χ0n) is 20.3. The highest BCUT2D eigenvalue weighted by molar-refractivity contribution is 8.00. The molecule has 1 aliphatic heterocycles. The summed E-state index contributed by atoms with van der Waals surface area (Å²) in [5, 5.41) is 0. The molecule has 2 aromatic rings. The third-order valence-corrected chi connectivity index (χ3v) is 7.41. The van der Waals surface area contributed by atoms with Gasteiger partial charge in [0.05, 0.1) is 40.5 Å². The smallest absolute Gasteiger partial charge is 0.338 e. The molecule has 3 rings (SSSR count). The minimum Gasteiger partial charge on any atom is -0.465 e. The van der Waals surface area contributed by atoms with Crippen LogP contribution in [0.2, 0.25) is 0 Å². The van der Waals surface area contributed by atoms with Crippen LogP contribution in [0.4, 0.5) is 0 Å². The number of likely N-dealkylation sites (tertiary alicyclic amines) is 1. The normalized spacial score (nSPS) is 16.4. The maximum Gasteiger partial charge on any atom is 0.338 e. The lowest BCUT2D eigenvalue weighted by Gasteiger charge is -2.30. The number of ether oxygens (including phenoxy) is 2. The number of hydrogen-bond acceptors (Lipinski definition) is 8. The first-order chi connectivity index (χ1) is 16.8. The molecule has 0 radical (unpaired) electrons. The number of carbonyl (C=O) groups is 4. The molecular formula is C24H31N3O6S2.